The minimum absolute atomic E-state index is 0.00175. The molecule has 19 heavy (non-hydrogen) atoms. The van der Waals surface area contributed by atoms with E-state index in [1.54, 1.807) is 6.92 Å². The first-order valence-corrected chi connectivity index (χ1v) is 8.43. The first-order valence-electron chi connectivity index (χ1n) is 5.82. The van der Waals surface area contributed by atoms with Crippen LogP contribution in [-0.4, -0.2) is 44.0 Å². The third-order valence-electron chi connectivity index (χ3n) is 2.43. The van der Waals surface area contributed by atoms with Gasteiger partial charge in [0.1, 0.15) is 10.0 Å². The van der Waals surface area contributed by atoms with Crippen LogP contribution < -0.4 is 0 Å². The predicted molar refractivity (Wildman–Crippen MR) is 77.9 cm³/mol. The second-order valence-electron chi connectivity index (χ2n) is 3.64. The third kappa shape index (κ3) is 4.39. The van der Waals surface area contributed by atoms with Crippen molar-refractivity contribution in [1.82, 2.24) is 9.29 Å². The Hall–Kier alpha value is -0.210. The van der Waals surface area contributed by atoms with Crippen LogP contribution in [0.3, 0.4) is 0 Å². The molecule has 0 radical (unpaired) electrons. The molecule has 0 aliphatic heterocycles. The van der Waals surface area contributed by atoms with Crippen molar-refractivity contribution in [3.8, 4) is 0 Å². The number of nitrogens with zero attached hydrogens (tertiary/aromatic N) is 2. The average molecular weight is 372 g/mol. The van der Waals surface area contributed by atoms with E-state index in [0.29, 0.717) is 24.2 Å². The van der Waals surface area contributed by atoms with Gasteiger partial charge in [-0.15, -0.1) is 0 Å². The molecule has 5 nitrogen and oxygen atoms in total. The van der Waals surface area contributed by atoms with E-state index in [9.17, 15) is 8.42 Å². The molecule has 0 amide bonds. The summed E-state index contributed by atoms with van der Waals surface area (Å²) in [6, 6.07) is 1.45. The summed E-state index contributed by atoms with van der Waals surface area (Å²) in [6.45, 7) is 5.16. The van der Waals surface area contributed by atoms with Crippen LogP contribution in [0.5, 0.6) is 0 Å². The Morgan fingerprint density at radius 1 is 1.47 bits per heavy atom. The average Bonchev–Trinajstić information content (AvgIpc) is 2.37. The molecule has 108 valence electrons. The molecule has 0 unspecified atom stereocenters. The Morgan fingerprint density at radius 2 is 2.16 bits per heavy atom. The van der Waals surface area contributed by atoms with Crippen LogP contribution in [0.1, 0.15) is 13.8 Å². The summed E-state index contributed by atoms with van der Waals surface area (Å²) in [7, 11) is -3.66. The van der Waals surface area contributed by atoms with E-state index in [2.05, 4.69) is 20.9 Å². The predicted octanol–water partition coefficient (Wildman–Crippen LogP) is 2.54. The van der Waals surface area contributed by atoms with Crippen molar-refractivity contribution in [2.75, 3.05) is 26.3 Å². The zero-order valence-electron chi connectivity index (χ0n) is 10.8. The number of hydrogen-bond donors (Lipinski definition) is 0. The fourth-order valence-corrected chi connectivity index (χ4v) is 3.84. The maximum atomic E-state index is 12.5. The lowest BCUT2D eigenvalue weighted by atomic mass is 10.5. The largest absolute Gasteiger partial charge is 0.380 e. The van der Waals surface area contributed by atoms with E-state index in [1.807, 2.05) is 6.92 Å². The molecule has 0 aliphatic rings. The molecule has 1 heterocycles. The van der Waals surface area contributed by atoms with E-state index in [-0.39, 0.29) is 16.6 Å². The molecular formula is C11H16BrClN2O3S. The fraction of sp³-hybridized carbons (Fsp3) is 0.545. The van der Waals surface area contributed by atoms with Gasteiger partial charge in [-0.05, 0) is 28.9 Å². The van der Waals surface area contributed by atoms with Gasteiger partial charge in [0.05, 0.1) is 6.61 Å². The van der Waals surface area contributed by atoms with Crippen LogP contribution in [0.2, 0.25) is 5.15 Å². The Morgan fingerprint density at radius 3 is 2.74 bits per heavy atom. The quantitative estimate of drug-likeness (QED) is 0.546. The van der Waals surface area contributed by atoms with Crippen molar-refractivity contribution in [2.45, 2.75) is 18.7 Å². The van der Waals surface area contributed by atoms with Crippen LogP contribution in [0, 0.1) is 0 Å². The van der Waals surface area contributed by atoms with Gasteiger partial charge in [0, 0.05) is 30.4 Å². The van der Waals surface area contributed by atoms with E-state index in [1.165, 1.54) is 16.6 Å². The van der Waals surface area contributed by atoms with Gasteiger partial charge in [0.25, 0.3) is 0 Å². The van der Waals surface area contributed by atoms with Gasteiger partial charge < -0.3 is 4.74 Å². The molecule has 1 aromatic rings. The van der Waals surface area contributed by atoms with Crippen LogP contribution >= 0.6 is 27.5 Å². The van der Waals surface area contributed by atoms with Crippen molar-refractivity contribution in [3.63, 3.8) is 0 Å². The van der Waals surface area contributed by atoms with Crippen molar-refractivity contribution in [3.05, 3.63) is 21.9 Å². The minimum atomic E-state index is -3.66. The molecule has 0 atom stereocenters. The maximum absolute atomic E-state index is 12.5. The number of pyridine rings is 1. The zero-order chi connectivity index (χ0) is 14.5. The van der Waals surface area contributed by atoms with E-state index < -0.39 is 10.0 Å². The molecule has 0 N–H and O–H groups in total. The molecule has 8 heteroatoms. The van der Waals surface area contributed by atoms with Crippen LogP contribution in [0.25, 0.3) is 0 Å². The molecule has 0 saturated carbocycles. The molecule has 0 spiro atoms. The Labute approximate surface area is 127 Å². The second kappa shape index (κ2) is 7.54. The first-order chi connectivity index (χ1) is 8.93. The van der Waals surface area contributed by atoms with E-state index >= 15 is 0 Å². The smallest absolute Gasteiger partial charge is 0.246 e. The van der Waals surface area contributed by atoms with Gasteiger partial charge in [-0.25, -0.2) is 13.4 Å². The van der Waals surface area contributed by atoms with Crippen LogP contribution in [0.4, 0.5) is 0 Å². The van der Waals surface area contributed by atoms with Gasteiger partial charge in [0.2, 0.25) is 10.0 Å². The minimum Gasteiger partial charge on any atom is -0.380 e. The van der Waals surface area contributed by atoms with Gasteiger partial charge in [-0.3, -0.25) is 0 Å². The van der Waals surface area contributed by atoms with Gasteiger partial charge >= 0.3 is 0 Å². The Bertz CT molecular complexity index is 525. The number of halogens is 2. The third-order valence-corrected chi connectivity index (χ3v) is 5.27. The van der Waals surface area contributed by atoms with Gasteiger partial charge in [0.15, 0.2) is 0 Å². The summed E-state index contributed by atoms with van der Waals surface area (Å²) in [5.74, 6) is 0. The highest BCUT2D eigenvalue weighted by Crippen LogP contribution is 2.25. The molecule has 0 aliphatic carbocycles. The highest BCUT2D eigenvalue weighted by Gasteiger charge is 2.26. The molecule has 1 rings (SSSR count). The number of rotatable bonds is 7. The van der Waals surface area contributed by atoms with Gasteiger partial charge in [-0.2, -0.15) is 4.31 Å². The first kappa shape index (κ1) is 16.8. The van der Waals surface area contributed by atoms with E-state index in [4.69, 9.17) is 16.3 Å². The maximum Gasteiger partial charge on any atom is 0.246 e. The lowest BCUT2D eigenvalue weighted by Gasteiger charge is -2.20. The topological polar surface area (TPSA) is 59.5 Å². The highest BCUT2D eigenvalue weighted by atomic mass is 79.9. The molecular weight excluding hydrogens is 356 g/mol. The number of ether oxygens (including phenoxy) is 1. The number of aromatic nitrogens is 1. The number of likely N-dealkylation sites (N-methyl/N-ethyl adjacent to an activating group) is 1. The fourth-order valence-electron chi connectivity index (χ4n) is 1.48. The van der Waals surface area contributed by atoms with Crippen LogP contribution in [0.15, 0.2) is 21.6 Å². The van der Waals surface area contributed by atoms with Crippen molar-refractivity contribution >= 4 is 37.6 Å². The normalized spacial score (nSPS) is 12.1. The standard InChI is InChI=1S/C11H16BrClN2O3S/c1-3-15(5-6-18-4-2)19(16,17)10-7-9(12)8-14-11(10)13/h7-8H,3-6H2,1-2H3. The monoisotopic (exact) mass is 370 g/mol. The summed E-state index contributed by atoms with van der Waals surface area (Å²) < 4.78 is 32.0. The summed E-state index contributed by atoms with van der Waals surface area (Å²) in [5.41, 5.74) is 0. The zero-order valence-corrected chi connectivity index (χ0v) is 13.9. The molecule has 0 saturated heterocycles. The molecule has 1 aromatic heterocycles. The summed E-state index contributed by atoms with van der Waals surface area (Å²) in [4.78, 5) is 3.84. The lowest BCUT2D eigenvalue weighted by molar-refractivity contribution is 0.135. The SMILES string of the molecule is CCOCCN(CC)S(=O)(=O)c1cc(Br)cnc1Cl. The Kier molecular flexibility index (Phi) is 6.68. The lowest BCUT2D eigenvalue weighted by Crippen LogP contribution is -2.34. The summed E-state index contributed by atoms with van der Waals surface area (Å²) in [6.07, 6.45) is 1.46. The van der Waals surface area contributed by atoms with Crippen LogP contribution in [-0.2, 0) is 14.8 Å². The van der Waals surface area contributed by atoms with E-state index in [0.717, 1.165) is 0 Å². The molecule has 0 fully saturated rings. The highest BCUT2D eigenvalue weighted by molar-refractivity contribution is 9.10. The van der Waals surface area contributed by atoms with Gasteiger partial charge in [-0.1, -0.05) is 18.5 Å². The van der Waals surface area contributed by atoms with Crippen molar-refractivity contribution in [2.24, 2.45) is 0 Å². The van der Waals surface area contributed by atoms with Crippen molar-refractivity contribution < 1.29 is 13.2 Å². The Balaban J connectivity index is 3.03. The number of sulfonamides is 1. The molecule has 0 aromatic carbocycles. The van der Waals surface area contributed by atoms with Crippen molar-refractivity contribution in [1.29, 1.82) is 0 Å². The summed E-state index contributed by atoms with van der Waals surface area (Å²) in [5, 5.41) is -0.0296. The molecule has 0 bridgehead atoms. The summed E-state index contributed by atoms with van der Waals surface area (Å²) >= 11 is 9.07. The number of hydrogen-bond acceptors (Lipinski definition) is 4. The second-order valence-corrected chi connectivity index (χ2v) is 6.82.